The molecular formula is C25H22N6O3. The van der Waals surface area contributed by atoms with Crippen molar-refractivity contribution in [2.75, 3.05) is 13.1 Å². The highest BCUT2D eigenvalue weighted by Gasteiger charge is 2.24. The predicted octanol–water partition coefficient (Wildman–Crippen LogP) is 2.28. The summed E-state index contributed by atoms with van der Waals surface area (Å²) < 4.78 is 2.82. The second kappa shape index (κ2) is 8.11. The van der Waals surface area contributed by atoms with Crippen LogP contribution >= 0.6 is 0 Å². The lowest BCUT2D eigenvalue weighted by molar-refractivity contribution is -0.131. The van der Waals surface area contributed by atoms with Crippen molar-refractivity contribution in [2.24, 2.45) is 7.05 Å². The normalized spacial score (nSPS) is 13.0. The number of nitrogens with one attached hydrogen (secondary N) is 1. The number of hydrogen-bond donors (Lipinski definition) is 1. The van der Waals surface area contributed by atoms with E-state index in [9.17, 15) is 14.4 Å². The average molecular weight is 454 g/mol. The van der Waals surface area contributed by atoms with Crippen LogP contribution in [0.2, 0.25) is 0 Å². The van der Waals surface area contributed by atoms with Gasteiger partial charge in [-0.25, -0.2) is 4.98 Å². The van der Waals surface area contributed by atoms with Crippen molar-refractivity contribution in [1.82, 2.24) is 29.5 Å². The Morgan fingerprint density at radius 1 is 1.12 bits per heavy atom. The summed E-state index contributed by atoms with van der Waals surface area (Å²) in [5, 5.41) is 8.24. The Bertz CT molecular complexity index is 1570. The number of hydrogen-bond acceptors (Lipinski definition) is 5. The van der Waals surface area contributed by atoms with E-state index in [1.54, 1.807) is 21.7 Å². The van der Waals surface area contributed by atoms with Crippen LogP contribution in [0.4, 0.5) is 0 Å². The van der Waals surface area contributed by atoms with Crippen LogP contribution in [0.1, 0.15) is 6.42 Å². The van der Waals surface area contributed by atoms with E-state index in [1.165, 1.54) is 6.33 Å². The summed E-state index contributed by atoms with van der Waals surface area (Å²) in [5.74, 6) is -1.04. The highest BCUT2D eigenvalue weighted by Crippen LogP contribution is 2.28. The third kappa shape index (κ3) is 3.57. The molecule has 0 unspecified atom stereocenters. The van der Waals surface area contributed by atoms with Gasteiger partial charge in [-0.2, -0.15) is 5.10 Å². The predicted molar refractivity (Wildman–Crippen MR) is 130 cm³/mol. The molecule has 170 valence electrons. The van der Waals surface area contributed by atoms with E-state index in [0.29, 0.717) is 24.0 Å². The summed E-state index contributed by atoms with van der Waals surface area (Å²) in [7, 11) is 1.86. The van der Waals surface area contributed by atoms with Gasteiger partial charge in [0.2, 0.25) is 0 Å². The molecule has 1 fully saturated rings. The van der Waals surface area contributed by atoms with Crippen molar-refractivity contribution >= 4 is 39.3 Å². The van der Waals surface area contributed by atoms with Crippen LogP contribution in [0, 0.1) is 0 Å². The quantitative estimate of drug-likeness (QED) is 0.466. The van der Waals surface area contributed by atoms with E-state index in [-0.39, 0.29) is 17.3 Å². The number of amides is 2. The fraction of sp³-hybridized carbons (Fsp3) is 0.160. The molecule has 0 bridgehead atoms. The number of nitrogens with zero attached hydrogens (tertiary/aromatic N) is 5. The summed E-state index contributed by atoms with van der Waals surface area (Å²) in [4.78, 5) is 44.1. The molecule has 1 aliphatic heterocycles. The molecule has 34 heavy (non-hydrogen) atoms. The van der Waals surface area contributed by atoms with Gasteiger partial charge in [-0.3, -0.25) is 23.6 Å². The van der Waals surface area contributed by atoms with Gasteiger partial charge in [-0.1, -0.05) is 37.4 Å². The van der Waals surface area contributed by atoms with Crippen LogP contribution in [0.25, 0.3) is 38.6 Å². The van der Waals surface area contributed by atoms with E-state index in [0.717, 1.165) is 33.0 Å². The highest BCUT2D eigenvalue weighted by atomic mass is 16.2. The number of benzene rings is 2. The lowest BCUT2D eigenvalue weighted by Gasteiger charge is -2.31. The number of likely N-dealkylation sites (tertiary alicyclic amines) is 1. The first-order valence-electron chi connectivity index (χ1n) is 10.8. The molecule has 0 aliphatic carbocycles. The molecule has 0 radical (unpaired) electrons. The lowest BCUT2D eigenvalue weighted by Crippen LogP contribution is -2.45. The number of aromatic nitrogens is 4. The molecule has 1 aliphatic rings. The molecule has 0 atom stereocenters. The minimum Gasteiger partial charge on any atom is -0.337 e. The Balaban J connectivity index is 1.46. The number of aryl methyl sites for hydroxylation is 1. The first kappa shape index (κ1) is 21.3. The largest absolute Gasteiger partial charge is 0.337 e. The van der Waals surface area contributed by atoms with Gasteiger partial charge in [-0.15, -0.1) is 0 Å². The molecule has 4 aromatic rings. The van der Waals surface area contributed by atoms with E-state index in [2.05, 4.69) is 28.6 Å². The van der Waals surface area contributed by atoms with Gasteiger partial charge in [-0.05, 0) is 24.1 Å². The highest BCUT2D eigenvalue weighted by molar-refractivity contribution is 6.15. The van der Waals surface area contributed by atoms with Gasteiger partial charge in [0.25, 0.3) is 17.4 Å². The van der Waals surface area contributed by atoms with Crippen LogP contribution < -0.4 is 10.9 Å². The molecule has 2 aromatic carbocycles. The van der Waals surface area contributed by atoms with Crippen molar-refractivity contribution < 1.29 is 9.59 Å². The second-order valence-electron chi connectivity index (χ2n) is 8.22. The standard InChI is InChI=1S/C25H22N6O3/c1-15(24(33)30-10-5-11-30)27-23(32)16(2)31-14-26-22-19(6-4-7-20(22)25(31)34)17-8-9-18-13-29(3)28-21(18)12-17/h4,6-9,12-14H,1-2,5,10-11H2,3H3,(H,27,32). The topological polar surface area (TPSA) is 102 Å². The zero-order chi connectivity index (χ0) is 24.0. The molecule has 1 saturated heterocycles. The van der Waals surface area contributed by atoms with E-state index in [1.807, 2.05) is 37.5 Å². The van der Waals surface area contributed by atoms with Crippen LogP contribution in [0.15, 0.2) is 72.6 Å². The van der Waals surface area contributed by atoms with Crippen LogP contribution in [-0.2, 0) is 16.6 Å². The van der Waals surface area contributed by atoms with Gasteiger partial charge in [0.05, 0.1) is 22.1 Å². The maximum absolute atomic E-state index is 13.2. The molecule has 9 heteroatoms. The fourth-order valence-electron chi connectivity index (χ4n) is 3.97. The van der Waals surface area contributed by atoms with Crippen LogP contribution in [0.5, 0.6) is 0 Å². The van der Waals surface area contributed by atoms with Crippen LogP contribution in [0.3, 0.4) is 0 Å². The van der Waals surface area contributed by atoms with E-state index >= 15 is 0 Å². The Hall–Kier alpha value is -4.53. The maximum atomic E-state index is 13.2. The molecule has 5 rings (SSSR count). The summed E-state index contributed by atoms with van der Waals surface area (Å²) in [5.41, 5.74) is 2.34. The number of para-hydroxylation sites is 1. The molecular weight excluding hydrogens is 432 g/mol. The first-order valence-corrected chi connectivity index (χ1v) is 10.8. The maximum Gasteiger partial charge on any atom is 0.272 e. The number of carbonyl (C=O) groups is 2. The minimum absolute atomic E-state index is 0.0557. The second-order valence-corrected chi connectivity index (χ2v) is 8.22. The van der Waals surface area contributed by atoms with Gasteiger partial charge < -0.3 is 10.2 Å². The average Bonchev–Trinajstić information content (AvgIpc) is 3.16. The smallest absolute Gasteiger partial charge is 0.272 e. The monoisotopic (exact) mass is 454 g/mol. The van der Waals surface area contributed by atoms with Gasteiger partial charge in [0.15, 0.2) is 0 Å². The summed E-state index contributed by atoms with van der Waals surface area (Å²) >= 11 is 0. The SMILES string of the molecule is C=C(NC(=O)C(=C)n1cnc2c(-c3ccc4cn(C)nc4c3)cccc2c1=O)C(=O)N1CCC1. The van der Waals surface area contributed by atoms with Crippen LogP contribution in [-0.4, -0.2) is 49.1 Å². The molecule has 0 saturated carbocycles. The lowest BCUT2D eigenvalue weighted by atomic mass is 10.0. The molecule has 3 heterocycles. The van der Waals surface area contributed by atoms with Gasteiger partial charge >= 0.3 is 0 Å². The molecule has 2 aromatic heterocycles. The van der Waals surface area contributed by atoms with Crippen molar-refractivity contribution in [3.05, 3.63) is 78.1 Å². The number of carbonyl (C=O) groups excluding carboxylic acids is 2. The Morgan fingerprint density at radius 2 is 1.91 bits per heavy atom. The van der Waals surface area contributed by atoms with Gasteiger partial charge in [0, 0.05) is 37.3 Å². The van der Waals surface area contributed by atoms with Crippen molar-refractivity contribution in [3.8, 4) is 11.1 Å². The molecule has 0 spiro atoms. The fourth-order valence-corrected chi connectivity index (χ4v) is 3.97. The molecule has 1 N–H and O–H groups in total. The zero-order valence-electron chi connectivity index (χ0n) is 18.6. The summed E-state index contributed by atoms with van der Waals surface area (Å²) in [6.45, 7) is 8.65. The third-order valence-corrected chi connectivity index (χ3v) is 5.94. The van der Waals surface area contributed by atoms with Crippen molar-refractivity contribution in [2.45, 2.75) is 6.42 Å². The summed E-state index contributed by atoms with van der Waals surface area (Å²) in [6.07, 6.45) is 4.13. The Kier molecular flexibility index (Phi) is 5.09. The molecule has 9 nitrogen and oxygen atoms in total. The minimum atomic E-state index is -0.695. The third-order valence-electron chi connectivity index (χ3n) is 5.94. The zero-order valence-corrected chi connectivity index (χ0v) is 18.6. The number of rotatable bonds is 5. The van der Waals surface area contributed by atoms with Crippen molar-refractivity contribution in [1.29, 1.82) is 0 Å². The van der Waals surface area contributed by atoms with E-state index < -0.39 is 11.5 Å². The number of fused-ring (bicyclic) bond motifs is 2. The Labute approximate surface area is 194 Å². The Morgan fingerprint density at radius 3 is 2.65 bits per heavy atom. The summed E-state index contributed by atoms with van der Waals surface area (Å²) in [6, 6.07) is 11.2. The van der Waals surface area contributed by atoms with E-state index in [4.69, 9.17) is 0 Å². The van der Waals surface area contributed by atoms with Crippen molar-refractivity contribution in [3.63, 3.8) is 0 Å². The first-order chi connectivity index (χ1) is 16.3. The molecule has 2 amide bonds. The van der Waals surface area contributed by atoms with Gasteiger partial charge in [0.1, 0.15) is 12.0 Å².